The number of nitrogens with one attached hydrogen (secondary N) is 1. The zero-order valence-corrected chi connectivity index (χ0v) is 12.9. The van der Waals surface area contributed by atoms with Crippen molar-refractivity contribution in [3.05, 3.63) is 60.2 Å². The number of benzene rings is 1. The molecule has 2 aromatic heterocycles. The van der Waals surface area contributed by atoms with Crippen LogP contribution >= 0.6 is 0 Å². The van der Waals surface area contributed by atoms with E-state index in [0.29, 0.717) is 5.69 Å². The van der Waals surface area contributed by atoms with Gasteiger partial charge in [0.2, 0.25) is 5.91 Å². The van der Waals surface area contributed by atoms with Gasteiger partial charge < -0.3 is 5.32 Å². The molecule has 0 aliphatic heterocycles. The highest BCUT2D eigenvalue weighted by molar-refractivity contribution is 5.92. The summed E-state index contributed by atoms with van der Waals surface area (Å²) < 4.78 is 28.6. The lowest BCUT2D eigenvalue weighted by molar-refractivity contribution is -0.115. The third-order valence-electron chi connectivity index (χ3n) is 3.34. The molecule has 1 amide bonds. The average molecular weight is 331 g/mol. The van der Waals surface area contributed by atoms with Crippen LogP contribution in [0.3, 0.4) is 0 Å². The molecule has 0 radical (unpaired) electrons. The highest BCUT2D eigenvalue weighted by atomic mass is 19.3. The first kappa shape index (κ1) is 15.9. The fraction of sp³-hybridized carbons (Fsp3) is 0.188. The fourth-order valence-corrected chi connectivity index (χ4v) is 2.30. The normalized spacial score (nSPS) is 11.0. The first-order valence-electron chi connectivity index (χ1n) is 7.24. The molecule has 1 N–H and O–H groups in total. The molecule has 1 aromatic carbocycles. The van der Waals surface area contributed by atoms with Crippen molar-refractivity contribution in [2.24, 2.45) is 7.05 Å². The van der Waals surface area contributed by atoms with Gasteiger partial charge in [-0.1, -0.05) is 18.2 Å². The molecular formula is C16H15F2N5O. The Labute approximate surface area is 136 Å². The molecule has 3 aromatic rings. The first-order valence-corrected chi connectivity index (χ1v) is 7.24. The predicted octanol–water partition coefficient (Wildman–Crippen LogP) is 2.72. The molecule has 124 valence electrons. The SMILES string of the molecule is Cn1cc(NC(=O)Cc2ccn(-c3ccccc3)n2)c(C(F)F)n1. The Morgan fingerprint density at radius 3 is 2.67 bits per heavy atom. The molecule has 0 unspecified atom stereocenters. The zero-order valence-electron chi connectivity index (χ0n) is 12.9. The number of hydrogen-bond donors (Lipinski definition) is 1. The monoisotopic (exact) mass is 331 g/mol. The van der Waals surface area contributed by atoms with Crippen LogP contribution in [0.2, 0.25) is 0 Å². The Kier molecular flexibility index (Phi) is 4.37. The van der Waals surface area contributed by atoms with Gasteiger partial charge >= 0.3 is 0 Å². The van der Waals surface area contributed by atoms with Gasteiger partial charge in [0.25, 0.3) is 6.43 Å². The summed E-state index contributed by atoms with van der Waals surface area (Å²) in [5, 5.41) is 10.4. The number of hydrogen-bond acceptors (Lipinski definition) is 3. The first-order chi connectivity index (χ1) is 11.5. The maximum atomic E-state index is 12.9. The fourth-order valence-electron chi connectivity index (χ4n) is 2.30. The maximum absolute atomic E-state index is 12.9. The summed E-state index contributed by atoms with van der Waals surface area (Å²) >= 11 is 0. The molecule has 0 saturated heterocycles. The number of nitrogens with zero attached hydrogens (tertiary/aromatic N) is 4. The van der Waals surface area contributed by atoms with Crippen molar-refractivity contribution in [2.75, 3.05) is 5.32 Å². The Bertz CT molecular complexity index is 841. The van der Waals surface area contributed by atoms with E-state index < -0.39 is 18.0 Å². The summed E-state index contributed by atoms with van der Waals surface area (Å²) in [5.41, 5.74) is 0.982. The largest absolute Gasteiger partial charge is 0.323 e. The van der Waals surface area contributed by atoms with Gasteiger partial charge in [-0.25, -0.2) is 13.5 Å². The van der Waals surface area contributed by atoms with Crippen LogP contribution in [-0.2, 0) is 18.3 Å². The number of para-hydroxylation sites is 1. The summed E-state index contributed by atoms with van der Waals surface area (Å²) in [5.74, 6) is -0.428. The zero-order chi connectivity index (χ0) is 17.1. The van der Waals surface area contributed by atoms with E-state index in [9.17, 15) is 13.6 Å². The number of halogens is 2. The van der Waals surface area contributed by atoms with Crippen molar-refractivity contribution < 1.29 is 13.6 Å². The second-order valence-corrected chi connectivity index (χ2v) is 5.21. The second-order valence-electron chi connectivity index (χ2n) is 5.21. The molecule has 3 rings (SSSR count). The molecule has 24 heavy (non-hydrogen) atoms. The van der Waals surface area contributed by atoms with Gasteiger partial charge in [-0.15, -0.1) is 0 Å². The summed E-state index contributed by atoms with van der Waals surface area (Å²) in [7, 11) is 1.52. The molecule has 0 fully saturated rings. The number of aryl methyl sites for hydroxylation is 1. The highest BCUT2D eigenvalue weighted by Crippen LogP contribution is 2.25. The van der Waals surface area contributed by atoms with Gasteiger partial charge in [0, 0.05) is 19.4 Å². The van der Waals surface area contributed by atoms with Gasteiger partial charge in [-0.05, 0) is 18.2 Å². The summed E-state index contributed by atoms with van der Waals surface area (Å²) in [6, 6.07) is 11.2. The number of carbonyl (C=O) groups excluding carboxylic acids is 1. The molecule has 0 spiro atoms. The smallest absolute Gasteiger partial charge is 0.284 e. The van der Waals surface area contributed by atoms with E-state index in [1.807, 2.05) is 30.3 Å². The van der Waals surface area contributed by atoms with E-state index in [0.717, 1.165) is 5.69 Å². The van der Waals surface area contributed by atoms with Crippen LogP contribution < -0.4 is 5.32 Å². The third-order valence-corrected chi connectivity index (χ3v) is 3.34. The Hall–Kier alpha value is -3.03. The highest BCUT2D eigenvalue weighted by Gasteiger charge is 2.19. The minimum atomic E-state index is -2.75. The molecule has 0 atom stereocenters. The lowest BCUT2D eigenvalue weighted by Crippen LogP contribution is -2.15. The van der Waals surface area contributed by atoms with Crippen molar-refractivity contribution >= 4 is 11.6 Å². The van der Waals surface area contributed by atoms with Crippen LogP contribution in [-0.4, -0.2) is 25.5 Å². The summed E-state index contributed by atoms with van der Waals surface area (Å²) in [4.78, 5) is 12.1. The van der Waals surface area contributed by atoms with Crippen molar-refractivity contribution in [2.45, 2.75) is 12.8 Å². The van der Waals surface area contributed by atoms with Crippen molar-refractivity contribution in [3.63, 3.8) is 0 Å². The topological polar surface area (TPSA) is 64.7 Å². The van der Waals surface area contributed by atoms with Crippen LogP contribution in [0, 0.1) is 0 Å². The minimum Gasteiger partial charge on any atom is -0.323 e. The van der Waals surface area contributed by atoms with Crippen LogP contribution in [0.1, 0.15) is 17.8 Å². The van der Waals surface area contributed by atoms with E-state index in [2.05, 4.69) is 15.5 Å². The lowest BCUT2D eigenvalue weighted by Gasteiger charge is -2.04. The Morgan fingerprint density at radius 2 is 1.96 bits per heavy atom. The van der Waals surface area contributed by atoms with Gasteiger partial charge in [-0.2, -0.15) is 10.2 Å². The van der Waals surface area contributed by atoms with E-state index in [4.69, 9.17) is 0 Å². The van der Waals surface area contributed by atoms with Crippen molar-refractivity contribution in [3.8, 4) is 5.69 Å². The van der Waals surface area contributed by atoms with Crippen LogP contribution in [0.4, 0.5) is 14.5 Å². The molecule has 0 bridgehead atoms. The van der Waals surface area contributed by atoms with Gasteiger partial charge in [0.05, 0.1) is 23.5 Å². The minimum absolute atomic E-state index is 0.0139. The van der Waals surface area contributed by atoms with Gasteiger partial charge in [-0.3, -0.25) is 9.48 Å². The van der Waals surface area contributed by atoms with Crippen LogP contribution in [0.5, 0.6) is 0 Å². The second kappa shape index (κ2) is 6.61. The number of aromatic nitrogens is 4. The van der Waals surface area contributed by atoms with Gasteiger partial charge in [0.15, 0.2) is 5.69 Å². The van der Waals surface area contributed by atoms with E-state index >= 15 is 0 Å². The van der Waals surface area contributed by atoms with E-state index in [1.165, 1.54) is 17.9 Å². The molecule has 6 nitrogen and oxygen atoms in total. The molecule has 2 heterocycles. The van der Waals surface area contributed by atoms with Crippen LogP contribution in [0.15, 0.2) is 48.8 Å². The van der Waals surface area contributed by atoms with Gasteiger partial charge in [0.1, 0.15) is 0 Å². The van der Waals surface area contributed by atoms with Crippen molar-refractivity contribution in [1.29, 1.82) is 0 Å². The third kappa shape index (κ3) is 3.48. The van der Waals surface area contributed by atoms with Crippen molar-refractivity contribution in [1.82, 2.24) is 19.6 Å². The van der Waals surface area contributed by atoms with Crippen LogP contribution in [0.25, 0.3) is 5.69 Å². The molecule has 0 saturated carbocycles. The summed E-state index contributed by atoms with van der Waals surface area (Å²) in [6.45, 7) is 0. The Balaban J connectivity index is 1.69. The summed E-state index contributed by atoms with van der Waals surface area (Å²) in [6.07, 6.45) is 0.324. The molecule has 0 aliphatic carbocycles. The lowest BCUT2D eigenvalue weighted by atomic mass is 10.3. The number of anilines is 1. The standard InChI is InChI=1S/C16H15F2N5O/c1-22-10-13(15(21-22)16(17)18)19-14(24)9-11-7-8-23(20-11)12-5-3-2-4-6-12/h2-8,10,16H,9H2,1H3,(H,19,24). The number of rotatable bonds is 5. The van der Waals surface area contributed by atoms with E-state index in [-0.39, 0.29) is 12.1 Å². The predicted molar refractivity (Wildman–Crippen MR) is 84.1 cm³/mol. The number of carbonyl (C=O) groups is 1. The maximum Gasteiger partial charge on any atom is 0.284 e. The Morgan fingerprint density at radius 1 is 1.21 bits per heavy atom. The number of amides is 1. The quantitative estimate of drug-likeness (QED) is 0.782. The molecular weight excluding hydrogens is 316 g/mol. The molecule has 8 heteroatoms. The average Bonchev–Trinajstić information content (AvgIpc) is 3.15. The molecule has 0 aliphatic rings. The van der Waals surface area contributed by atoms with E-state index in [1.54, 1.807) is 16.9 Å². The number of alkyl halides is 2.